The molecule has 0 radical (unpaired) electrons. The fraction of sp³-hybridized carbons (Fsp3) is 0.533. The average Bonchev–Trinajstić information content (AvgIpc) is 2.76. The van der Waals surface area contributed by atoms with Gasteiger partial charge < -0.3 is 10.2 Å². The highest BCUT2D eigenvalue weighted by Gasteiger charge is 2.23. The maximum absolute atomic E-state index is 13.6. The second-order valence-electron chi connectivity index (χ2n) is 5.33. The van der Waals surface area contributed by atoms with E-state index in [-0.39, 0.29) is 11.6 Å². The normalized spacial score (nSPS) is 17.2. The molecule has 1 N–H and O–H groups in total. The molecular weight excluding hydrogens is 281 g/mol. The van der Waals surface area contributed by atoms with Crippen LogP contribution in [0, 0.1) is 17.5 Å². The fourth-order valence-electron chi connectivity index (χ4n) is 2.50. The number of halogens is 3. The zero-order chi connectivity index (χ0) is 15.4. The first-order valence-corrected chi connectivity index (χ1v) is 7.19. The molecule has 1 aromatic rings. The van der Waals surface area contributed by atoms with Gasteiger partial charge in [0, 0.05) is 13.1 Å². The lowest BCUT2D eigenvalue weighted by atomic mass is 10.2. The molecule has 1 heterocycles. The summed E-state index contributed by atoms with van der Waals surface area (Å²) in [6.07, 6.45) is 4.11. The third-order valence-electron chi connectivity index (χ3n) is 3.70. The molecule has 0 aromatic heterocycles. The molecule has 1 unspecified atom stereocenters. The first-order valence-electron chi connectivity index (χ1n) is 7.19. The Morgan fingerprint density at radius 1 is 1.10 bits per heavy atom. The Kier molecular flexibility index (Phi) is 5.09. The number of hydrogen-bond acceptors (Lipinski definition) is 2. The van der Waals surface area contributed by atoms with Gasteiger partial charge in [-0.05, 0) is 31.9 Å². The Balaban J connectivity index is 2.05. The topological polar surface area (TPSA) is 32.3 Å². The monoisotopic (exact) mass is 300 g/mol. The number of carbonyl (C=O) groups excluding carboxylic acids is 1. The number of nitrogens with one attached hydrogen (secondary N) is 1. The van der Waals surface area contributed by atoms with Crippen LogP contribution in [0.5, 0.6) is 0 Å². The van der Waals surface area contributed by atoms with E-state index < -0.39 is 23.5 Å². The van der Waals surface area contributed by atoms with Crippen molar-refractivity contribution >= 4 is 11.6 Å². The van der Waals surface area contributed by atoms with Crippen molar-refractivity contribution in [3.8, 4) is 0 Å². The Hall–Kier alpha value is -1.72. The van der Waals surface area contributed by atoms with E-state index in [1.54, 1.807) is 11.8 Å². The molecule has 1 fully saturated rings. The third-order valence-corrected chi connectivity index (χ3v) is 3.70. The maximum atomic E-state index is 13.6. The largest absolute Gasteiger partial charge is 0.371 e. The summed E-state index contributed by atoms with van der Waals surface area (Å²) in [5, 5.41) is 2.62. The van der Waals surface area contributed by atoms with Gasteiger partial charge in [-0.15, -0.1) is 0 Å². The standard InChI is InChI=1S/C15H19F3N2O/c1-10(15(21)20-8-4-2-3-5-9-20)19-12-7-6-11(16)13(17)14(12)18/h6-7,10,19H,2-5,8-9H2,1H3. The van der Waals surface area contributed by atoms with E-state index in [1.165, 1.54) is 0 Å². The minimum absolute atomic E-state index is 0.152. The first-order chi connectivity index (χ1) is 10.0. The van der Waals surface area contributed by atoms with Crippen LogP contribution in [0.3, 0.4) is 0 Å². The lowest BCUT2D eigenvalue weighted by Crippen LogP contribution is -2.42. The Bertz CT molecular complexity index is 514. The predicted octanol–water partition coefficient (Wildman–Crippen LogP) is 3.31. The number of amides is 1. The quantitative estimate of drug-likeness (QED) is 0.869. The van der Waals surface area contributed by atoms with Gasteiger partial charge in [0.25, 0.3) is 0 Å². The molecule has 116 valence electrons. The number of carbonyl (C=O) groups is 1. The van der Waals surface area contributed by atoms with Crippen molar-refractivity contribution in [2.75, 3.05) is 18.4 Å². The van der Waals surface area contributed by atoms with Crippen LogP contribution in [0.4, 0.5) is 18.9 Å². The van der Waals surface area contributed by atoms with Crippen LogP contribution < -0.4 is 5.32 Å². The third kappa shape index (κ3) is 3.68. The van der Waals surface area contributed by atoms with Crippen LogP contribution in [0.25, 0.3) is 0 Å². The maximum Gasteiger partial charge on any atom is 0.244 e. The van der Waals surface area contributed by atoms with Gasteiger partial charge in [0.05, 0.1) is 5.69 Å². The summed E-state index contributed by atoms with van der Waals surface area (Å²) in [4.78, 5) is 14.0. The smallest absolute Gasteiger partial charge is 0.244 e. The molecule has 1 aromatic carbocycles. The SMILES string of the molecule is CC(Nc1ccc(F)c(F)c1F)C(=O)N1CCCCCC1. The molecule has 6 heteroatoms. The molecule has 2 rings (SSSR count). The Labute approximate surface area is 122 Å². The molecule has 1 aliphatic heterocycles. The van der Waals surface area contributed by atoms with Crippen LogP contribution in [0.1, 0.15) is 32.6 Å². The molecule has 1 aliphatic rings. The summed E-state index contributed by atoms with van der Waals surface area (Å²) in [5.41, 5.74) is -0.204. The second kappa shape index (κ2) is 6.83. The van der Waals surface area contributed by atoms with Gasteiger partial charge in [-0.1, -0.05) is 12.8 Å². The molecule has 1 saturated heterocycles. The fourth-order valence-corrected chi connectivity index (χ4v) is 2.50. The van der Waals surface area contributed by atoms with Crippen molar-refractivity contribution in [3.05, 3.63) is 29.6 Å². The zero-order valence-electron chi connectivity index (χ0n) is 12.0. The molecule has 1 atom stereocenters. The average molecular weight is 300 g/mol. The van der Waals surface area contributed by atoms with Gasteiger partial charge in [0.1, 0.15) is 6.04 Å². The highest BCUT2D eigenvalue weighted by Crippen LogP contribution is 2.21. The summed E-state index contributed by atoms with van der Waals surface area (Å²) in [7, 11) is 0. The van der Waals surface area contributed by atoms with Crippen LogP contribution in [-0.2, 0) is 4.79 Å². The highest BCUT2D eigenvalue weighted by molar-refractivity contribution is 5.84. The van der Waals surface area contributed by atoms with Crippen molar-refractivity contribution in [2.24, 2.45) is 0 Å². The second-order valence-corrected chi connectivity index (χ2v) is 5.33. The molecule has 21 heavy (non-hydrogen) atoms. The van der Waals surface area contributed by atoms with E-state index in [0.717, 1.165) is 37.8 Å². The van der Waals surface area contributed by atoms with Crippen molar-refractivity contribution in [3.63, 3.8) is 0 Å². The Morgan fingerprint density at radius 3 is 2.33 bits per heavy atom. The van der Waals surface area contributed by atoms with Crippen molar-refractivity contribution in [1.82, 2.24) is 4.90 Å². The predicted molar refractivity (Wildman–Crippen MR) is 74.4 cm³/mol. The minimum atomic E-state index is -1.53. The van der Waals surface area contributed by atoms with Gasteiger partial charge in [0.15, 0.2) is 17.5 Å². The van der Waals surface area contributed by atoms with Gasteiger partial charge in [0.2, 0.25) is 5.91 Å². The first kappa shape index (κ1) is 15.7. The number of anilines is 1. The summed E-state index contributed by atoms with van der Waals surface area (Å²) >= 11 is 0. The summed E-state index contributed by atoms with van der Waals surface area (Å²) in [6, 6.07) is 1.24. The van der Waals surface area contributed by atoms with Crippen LogP contribution in [0.15, 0.2) is 12.1 Å². The van der Waals surface area contributed by atoms with Gasteiger partial charge >= 0.3 is 0 Å². The van der Waals surface area contributed by atoms with E-state index in [2.05, 4.69) is 5.32 Å². The van der Waals surface area contributed by atoms with Gasteiger partial charge in [-0.25, -0.2) is 13.2 Å². The lowest BCUT2D eigenvalue weighted by Gasteiger charge is -2.25. The van der Waals surface area contributed by atoms with Crippen molar-refractivity contribution < 1.29 is 18.0 Å². The molecule has 0 aliphatic carbocycles. The van der Waals surface area contributed by atoms with E-state index in [4.69, 9.17) is 0 Å². The van der Waals surface area contributed by atoms with Gasteiger partial charge in [-0.2, -0.15) is 0 Å². The number of benzene rings is 1. The van der Waals surface area contributed by atoms with E-state index in [0.29, 0.717) is 13.1 Å². The molecule has 3 nitrogen and oxygen atoms in total. The number of nitrogens with zero attached hydrogens (tertiary/aromatic N) is 1. The number of rotatable bonds is 3. The lowest BCUT2D eigenvalue weighted by molar-refractivity contribution is -0.131. The van der Waals surface area contributed by atoms with Crippen LogP contribution >= 0.6 is 0 Å². The summed E-state index contributed by atoms with van der Waals surface area (Å²) < 4.78 is 39.6. The summed E-state index contributed by atoms with van der Waals surface area (Å²) in [5.74, 6) is -4.23. The molecule has 1 amide bonds. The van der Waals surface area contributed by atoms with Crippen LogP contribution in [-0.4, -0.2) is 29.9 Å². The van der Waals surface area contributed by atoms with Crippen molar-refractivity contribution in [1.29, 1.82) is 0 Å². The highest BCUT2D eigenvalue weighted by atomic mass is 19.2. The number of hydrogen-bond donors (Lipinski definition) is 1. The van der Waals surface area contributed by atoms with Gasteiger partial charge in [-0.3, -0.25) is 4.79 Å². The summed E-state index contributed by atoms with van der Waals surface area (Å²) in [6.45, 7) is 2.96. The Morgan fingerprint density at radius 2 is 1.71 bits per heavy atom. The molecule has 0 spiro atoms. The molecule has 0 bridgehead atoms. The van der Waals surface area contributed by atoms with Crippen LogP contribution in [0.2, 0.25) is 0 Å². The molecular formula is C15H19F3N2O. The van der Waals surface area contributed by atoms with E-state index >= 15 is 0 Å². The number of likely N-dealkylation sites (tertiary alicyclic amines) is 1. The zero-order valence-corrected chi connectivity index (χ0v) is 12.0. The minimum Gasteiger partial charge on any atom is -0.371 e. The van der Waals surface area contributed by atoms with E-state index in [1.807, 2.05) is 0 Å². The van der Waals surface area contributed by atoms with Crippen molar-refractivity contribution in [2.45, 2.75) is 38.6 Å². The van der Waals surface area contributed by atoms with E-state index in [9.17, 15) is 18.0 Å². The molecule has 0 saturated carbocycles.